The lowest BCUT2D eigenvalue weighted by molar-refractivity contribution is 0.444. The van der Waals surface area contributed by atoms with E-state index in [1.165, 1.54) is 0 Å². The molecule has 120 valence electrons. The topological polar surface area (TPSA) is 34.1 Å². The number of hydrogen-bond acceptors (Lipinski definition) is 3. The van der Waals surface area contributed by atoms with E-state index in [-0.39, 0.29) is 0 Å². The maximum absolute atomic E-state index is 5.73. The van der Waals surface area contributed by atoms with E-state index in [1.807, 2.05) is 56.3 Å². The minimum Gasteiger partial charge on any atom is -0.457 e. The van der Waals surface area contributed by atoms with Crippen molar-refractivity contribution in [3.8, 4) is 5.75 Å². The highest BCUT2D eigenvalue weighted by Crippen LogP contribution is 2.17. The SMILES string of the molecule is C=C/C=C(\C=C)Oc1cccc(CNc2ccccn2)c1.CC. The predicted molar refractivity (Wildman–Crippen MR) is 98.5 cm³/mol. The van der Waals surface area contributed by atoms with E-state index >= 15 is 0 Å². The van der Waals surface area contributed by atoms with Crippen molar-refractivity contribution in [2.45, 2.75) is 20.4 Å². The van der Waals surface area contributed by atoms with Crippen LogP contribution in [0.15, 0.2) is 85.8 Å². The second kappa shape index (κ2) is 10.9. The van der Waals surface area contributed by atoms with Crippen LogP contribution in [0.2, 0.25) is 0 Å². The van der Waals surface area contributed by atoms with E-state index in [4.69, 9.17) is 4.74 Å². The summed E-state index contributed by atoms with van der Waals surface area (Å²) in [5.41, 5.74) is 1.11. The number of nitrogens with one attached hydrogen (secondary N) is 1. The van der Waals surface area contributed by atoms with Gasteiger partial charge in [-0.2, -0.15) is 0 Å². The molecule has 1 aromatic carbocycles. The third-order valence-electron chi connectivity index (χ3n) is 2.76. The Hall–Kier alpha value is -2.81. The summed E-state index contributed by atoms with van der Waals surface area (Å²) in [6.07, 6.45) is 6.86. The van der Waals surface area contributed by atoms with Crippen LogP contribution in [0.3, 0.4) is 0 Å². The predicted octanol–water partition coefficient (Wildman–Crippen LogP) is 5.35. The molecule has 0 saturated carbocycles. The van der Waals surface area contributed by atoms with Gasteiger partial charge in [-0.25, -0.2) is 4.98 Å². The number of allylic oxidation sites excluding steroid dienone is 3. The highest BCUT2D eigenvalue weighted by Gasteiger charge is 1.99. The summed E-state index contributed by atoms with van der Waals surface area (Å²) in [4.78, 5) is 4.23. The monoisotopic (exact) mass is 308 g/mol. The van der Waals surface area contributed by atoms with Gasteiger partial charge in [-0.1, -0.05) is 51.3 Å². The van der Waals surface area contributed by atoms with Crippen molar-refractivity contribution in [3.63, 3.8) is 0 Å². The molecule has 0 aliphatic heterocycles. The highest BCUT2D eigenvalue weighted by molar-refractivity contribution is 5.37. The van der Waals surface area contributed by atoms with E-state index < -0.39 is 0 Å². The van der Waals surface area contributed by atoms with E-state index in [0.717, 1.165) is 17.1 Å². The molecule has 0 aliphatic carbocycles. The van der Waals surface area contributed by atoms with Gasteiger partial charge in [-0.15, -0.1) is 0 Å². The summed E-state index contributed by atoms with van der Waals surface area (Å²) in [5.74, 6) is 2.28. The summed E-state index contributed by atoms with van der Waals surface area (Å²) in [6.45, 7) is 12.0. The number of hydrogen-bond donors (Lipinski definition) is 1. The van der Waals surface area contributed by atoms with Gasteiger partial charge >= 0.3 is 0 Å². The molecule has 0 aliphatic rings. The molecule has 3 heteroatoms. The zero-order chi connectivity index (χ0) is 16.9. The van der Waals surface area contributed by atoms with E-state index in [9.17, 15) is 0 Å². The number of aromatic nitrogens is 1. The first kappa shape index (κ1) is 18.2. The molecule has 3 nitrogen and oxygen atoms in total. The van der Waals surface area contributed by atoms with Gasteiger partial charge in [-0.3, -0.25) is 0 Å². The largest absolute Gasteiger partial charge is 0.457 e. The van der Waals surface area contributed by atoms with Crippen LogP contribution in [-0.4, -0.2) is 4.98 Å². The molecule has 0 unspecified atom stereocenters. The maximum atomic E-state index is 5.73. The third-order valence-corrected chi connectivity index (χ3v) is 2.76. The van der Waals surface area contributed by atoms with Crippen LogP contribution in [-0.2, 0) is 6.54 Å². The van der Waals surface area contributed by atoms with Gasteiger partial charge in [-0.05, 0) is 42.0 Å². The first-order valence-corrected chi connectivity index (χ1v) is 7.68. The lowest BCUT2D eigenvalue weighted by Gasteiger charge is -2.09. The summed E-state index contributed by atoms with van der Waals surface area (Å²) in [6, 6.07) is 13.7. The quantitative estimate of drug-likeness (QED) is 0.552. The number of rotatable bonds is 7. The second-order valence-corrected chi connectivity index (χ2v) is 4.33. The maximum Gasteiger partial charge on any atom is 0.127 e. The van der Waals surface area contributed by atoms with E-state index in [1.54, 1.807) is 24.4 Å². The Morgan fingerprint density at radius 2 is 2.00 bits per heavy atom. The Labute approximate surface area is 139 Å². The van der Waals surface area contributed by atoms with Gasteiger partial charge in [0.2, 0.25) is 0 Å². The molecule has 1 aromatic heterocycles. The molecule has 23 heavy (non-hydrogen) atoms. The van der Waals surface area contributed by atoms with Crippen molar-refractivity contribution < 1.29 is 4.74 Å². The van der Waals surface area contributed by atoms with Crippen LogP contribution in [0, 0.1) is 0 Å². The summed E-state index contributed by atoms with van der Waals surface area (Å²) < 4.78 is 5.73. The van der Waals surface area contributed by atoms with Gasteiger partial charge < -0.3 is 10.1 Å². The zero-order valence-electron chi connectivity index (χ0n) is 13.8. The lowest BCUT2D eigenvalue weighted by Crippen LogP contribution is -2.01. The van der Waals surface area contributed by atoms with Crippen molar-refractivity contribution in [1.29, 1.82) is 0 Å². The molecule has 0 radical (unpaired) electrons. The number of benzene rings is 1. The molecule has 0 saturated heterocycles. The minimum absolute atomic E-state index is 0.667. The number of anilines is 1. The molecular weight excluding hydrogens is 284 g/mol. The summed E-state index contributed by atoms with van der Waals surface area (Å²) >= 11 is 0. The van der Waals surface area contributed by atoms with Crippen molar-refractivity contribution in [2.24, 2.45) is 0 Å². The van der Waals surface area contributed by atoms with Crippen LogP contribution in [0.1, 0.15) is 19.4 Å². The fourth-order valence-corrected chi connectivity index (χ4v) is 1.77. The molecule has 0 spiro atoms. The standard InChI is InChI=1S/C18H18N2O.C2H6/c1-3-8-16(4-2)21-17-10-7-9-15(13-17)14-20-18-11-5-6-12-19-18;1-2/h3-13H,1-2,14H2,(H,19,20);1-2H3/b16-8+;. The number of ether oxygens (including phenoxy) is 1. The number of nitrogens with zero attached hydrogens (tertiary/aromatic N) is 1. The van der Waals surface area contributed by atoms with Gasteiger partial charge in [0.25, 0.3) is 0 Å². The molecule has 1 heterocycles. The van der Waals surface area contributed by atoms with Gasteiger partial charge in [0.1, 0.15) is 17.3 Å². The Balaban J connectivity index is 0.00000127. The fourth-order valence-electron chi connectivity index (χ4n) is 1.77. The zero-order valence-corrected chi connectivity index (χ0v) is 13.8. The summed E-state index contributed by atoms with van der Waals surface area (Å²) in [7, 11) is 0. The smallest absolute Gasteiger partial charge is 0.127 e. The van der Waals surface area contributed by atoms with Crippen LogP contribution in [0.5, 0.6) is 5.75 Å². The first-order valence-electron chi connectivity index (χ1n) is 7.68. The molecule has 1 N–H and O–H groups in total. The van der Waals surface area contributed by atoms with Crippen molar-refractivity contribution in [1.82, 2.24) is 4.98 Å². The normalized spacial score (nSPS) is 10.1. The fraction of sp³-hybridized carbons (Fsp3) is 0.150. The molecule has 2 aromatic rings. The number of pyridine rings is 1. The molecule has 2 rings (SSSR count). The Kier molecular flexibility index (Phi) is 8.61. The van der Waals surface area contributed by atoms with Crippen LogP contribution in [0.4, 0.5) is 5.82 Å². The van der Waals surface area contributed by atoms with E-state index in [2.05, 4.69) is 23.5 Å². The van der Waals surface area contributed by atoms with Gasteiger partial charge in [0, 0.05) is 12.7 Å². The Bertz CT molecular complexity index is 633. The minimum atomic E-state index is 0.667. The lowest BCUT2D eigenvalue weighted by atomic mass is 10.2. The second-order valence-electron chi connectivity index (χ2n) is 4.33. The van der Waals surface area contributed by atoms with Crippen molar-refractivity contribution in [3.05, 3.63) is 91.4 Å². The highest BCUT2D eigenvalue weighted by atomic mass is 16.5. The first-order chi connectivity index (χ1) is 11.3. The molecular formula is C20H24N2O. The van der Waals surface area contributed by atoms with Gasteiger partial charge in [0.05, 0.1) is 0 Å². The van der Waals surface area contributed by atoms with Crippen LogP contribution >= 0.6 is 0 Å². The van der Waals surface area contributed by atoms with Crippen LogP contribution in [0.25, 0.3) is 0 Å². The third kappa shape index (κ3) is 6.66. The van der Waals surface area contributed by atoms with Crippen molar-refractivity contribution >= 4 is 5.82 Å². The molecule has 0 amide bonds. The molecule has 0 atom stereocenters. The summed E-state index contributed by atoms with van der Waals surface area (Å²) in [5, 5.41) is 3.26. The average molecular weight is 308 g/mol. The van der Waals surface area contributed by atoms with Gasteiger partial charge in [0.15, 0.2) is 0 Å². The van der Waals surface area contributed by atoms with Crippen LogP contribution < -0.4 is 10.1 Å². The molecule has 0 fully saturated rings. The average Bonchev–Trinajstić information content (AvgIpc) is 2.62. The Morgan fingerprint density at radius 3 is 2.65 bits per heavy atom. The Morgan fingerprint density at radius 1 is 1.17 bits per heavy atom. The van der Waals surface area contributed by atoms with E-state index in [0.29, 0.717) is 12.3 Å². The van der Waals surface area contributed by atoms with Crippen molar-refractivity contribution in [2.75, 3.05) is 5.32 Å². The molecule has 0 bridgehead atoms.